The zero-order chi connectivity index (χ0) is 19.9. The average molecular weight is 383 g/mol. The lowest BCUT2D eigenvalue weighted by atomic mass is 9.97. The van der Waals surface area contributed by atoms with Gasteiger partial charge in [0.1, 0.15) is 24.2 Å². The Morgan fingerprint density at radius 3 is 2.46 bits per heavy atom. The fourth-order valence-corrected chi connectivity index (χ4v) is 3.69. The van der Waals surface area contributed by atoms with E-state index in [4.69, 9.17) is 4.74 Å². The van der Waals surface area contributed by atoms with Crippen LogP contribution in [0.3, 0.4) is 0 Å². The third-order valence-corrected chi connectivity index (χ3v) is 5.37. The Labute approximate surface area is 167 Å². The molecule has 1 fully saturated rings. The Morgan fingerprint density at radius 1 is 1.11 bits per heavy atom. The van der Waals surface area contributed by atoms with Crippen LogP contribution in [-0.2, 0) is 0 Å². The summed E-state index contributed by atoms with van der Waals surface area (Å²) in [5, 5.41) is 20.1. The molecule has 150 valence electrons. The third-order valence-electron chi connectivity index (χ3n) is 5.37. The molecule has 0 radical (unpaired) electrons. The van der Waals surface area contributed by atoms with Gasteiger partial charge in [0, 0.05) is 30.4 Å². The van der Waals surface area contributed by atoms with Gasteiger partial charge in [0.15, 0.2) is 0 Å². The van der Waals surface area contributed by atoms with Gasteiger partial charge in [-0.25, -0.2) is 0 Å². The van der Waals surface area contributed by atoms with Crippen LogP contribution in [0.1, 0.15) is 38.7 Å². The molecule has 3 atom stereocenters. The number of benzene rings is 2. The highest BCUT2D eigenvalue weighted by Gasteiger charge is 2.26. The summed E-state index contributed by atoms with van der Waals surface area (Å²) < 4.78 is 5.75. The predicted molar refractivity (Wildman–Crippen MR) is 113 cm³/mol. The molecule has 0 spiro atoms. The third kappa shape index (κ3) is 5.57. The monoisotopic (exact) mass is 382 g/mol. The van der Waals surface area contributed by atoms with Gasteiger partial charge >= 0.3 is 0 Å². The number of rotatable bonds is 7. The van der Waals surface area contributed by atoms with Crippen LogP contribution in [0.2, 0.25) is 0 Å². The van der Waals surface area contributed by atoms with Crippen LogP contribution in [-0.4, -0.2) is 52.7 Å². The van der Waals surface area contributed by atoms with E-state index in [0.717, 1.165) is 5.69 Å². The first kappa shape index (κ1) is 20.4. The summed E-state index contributed by atoms with van der Waals surface area (Å²) in [5.41, 5.74) is 1.44. The number of piperidine rings is 1. The van der Waals surface area contributed by atoms with Gasteiger partial charge in [0.2, 0.25) is 0 Å². The Balaban J connectivity index is 1.49. The summed E-state index contributed by atoms with van der Waals surface area (Å²) >= 11 is 0. The molecular formula is C23H30N2O3. The first-order valence-electron chi connectivity index (χ1n) is 10.0. The summed E-state index contributed by atoms with van der Waals surface area (Å²) in [5.74, 6) is 0.915. The smallest absolute Gasteiger partial charge is 0.124 e. The number of ether oxygens (including phenoxy) is 1. The molecule has 1 aliphatic heterocycles. The van der Waals surface area contributed by atoms with Crippen LogP contribution < -0.4 is 4.74 Å². The lowest BCUT2D eigenvalue weighted by Crippen LogP contribution is -2.48. The normalized spacial score (nSPS) is 21.7. The van der Waals surface area contributed by atoms with E-state index in [1.807, 2.05) is 36.4 Å². The molecule has 5 nitrogen and oxygen atoms in total. The summed E-state index contributed by atoms with van der Waals surface area (Å²) in [6.45, 7) is 5.39. The van der Waals surface area contributed by atoms with Crippen LogP contribution >= 0.6 is 0 Å². The number of aromatic hydroxyl groups is 1. The molecule has 3 rings (SSSR count). The number of likely N-dealkylation sites (tertiary alicyclic amines) is 1. The van der Waals surface area contributed by atoms with Crippen molar-refractivity contribution >= 4 is 11.9 Å². The first-order valence-corrected chi connectivity index (χ1v) is 10.0. The van der Waals surface area contributed by atoms with Crippen molar-refractivity contribution in [3.05, 3.63) is 54.1 Å². The number of aliphatic imine (C=N–C) groups is 1. The summed E-state index contributed by atoms with van der Waals surface area (Å²) in [6.07, 6.45) is 4.78. The molecule has 1 heterocycles. The van der Waals surface area contributed by atoms with Crippen LogP contribution in [0.4, 0.5) is 5.69 Å². The number of phenols is 1. The molecule has 0 amide bonds. The van der Waals surface area contributed by atoms with E-state index in [0.29, 0.717) is 29.9 Å². The van der Waals surface area contributed by atoms with E-state index < -0.39 is 6.10 Å². The second kappa shape index (κ2) is 9.71. The lowest BCUT2D eigenvalue weighted by molar-refractivity contribution is 0.0209. The van der Waals surface area contributed by atoms with Crippen LogP contribution in [0, 0.1) is 0 Å². The fourth-order valence-electron chi connectivity index (χ4n) is 3.69. The molecule has 2 aromatic rings. The van der Waals surface area contributed by atoms with Crippen molar-refractivity contribution in [1.82, 2.24) is 4.90 Å². The number of aliphatic hydroxyl groups excluding tert-OH is 1. The van der Waals surface area contributed by atoms with E-state index in [1.165, 1.54) is 19.3 Å². The molecule has 1 saturated heterocycles. The molecule has 0 aromatic heterocycles. The molecular weight excluding hydrogens is 352 g/mol. The standard InChI is InChI=1S/C23H30N2O3/c1-17-6-5-7-18(2)25(17)15-21(26)16-28-22-12-10-20(11-13-22)24-14-19-8-3-4-9-23(19)27/h3-4,8-14,17-18,21,26-27H,5-7,15-16H2,1-2H3/t17-,18-,21-/m0/s1. The van der Waals surface area contributed by atoms with Crippen molar-refractivity contribution < 1.29 is 14.9 Å². The molecule has 2 aromatic carbocycles. The topological polar surface area (TPSA) is 65.3 Å². The first-order chi connectivity index (χ1) is 13.5. The van der Waals surface area contributed by atoms with Crippen molar-refractivity contribution in [3.63, 3.8) is 0 Å². The Kier molecular flexibility index (Phi) is 7.06. The van der Waals surface area contributed by atoms with Gasteiger partial charge < -0.3 is 14.9 Å². The Morgan fingerprint density at radius 2 is 1.79 bits per heavy atom. The van der Waals surface area contributed by atoms with Crippen molar-refractivity contribution in [2.75, 3.05) is 13.2 Å². The maximum absolute atomic E-state index is 10.4. The van der Waals surface area contributed by atoms with Gasteiger partial charge in [0.05, 0.1) is 5.69 Å². The molecule has 1 aliphatic rings. The van der Waals surface area contributed by atoms with E-state index in [1.54, 1.807) is 18.3 Å². The second-order valence-electron chi connectivity index (χ2n) is 7.60. The molecule has 0 saturated carbocycles. The minimum absolute atomic E-state index is 0.206. The quantitative estimate of drug-likeness (QED) is 0.706. The zero-order valence-corrected chi connectivity index (χ0v) is 16.7. The van der Waals surface area contributed by atoms with E-state index >= 15 is 0 Å². The van der Waals surface area contributed by atoms with Crippen LogP contribution in [0.25, 0.3) is 0 Å². The minimum atomic E-state index is -0.512. The second-order valence-corrected chi connectivity index (χ2v) is 7.60. The summed E-state index contributed by atoms with van der Waals surface area (Å²) in [7, 11) is 0. The lowest BCUT2D eigenvalue weighted by Gasteiger charge is -2.40. The molecule has 5 heteroatoms. The number of nitrogens with zero attached hydrogens (tertiary/aromatic N) is 2. The fraction of sp³-hybridized carbons (Fsp3) is 0.435. The van der Waals surface area contributed by atoms with Gasteiger partial charge in [0.25, 0.3) is 0 Å². The van der Waals surface area contributed by atoms with Crippen molar-refractivity contribution in [1.29, 1.82) is 0 Å². The van der Waals surface area contributed by atoms with Gasteiger partial charge in [-0.3, -0.25) is 9.89 Å². The number of aliphatic hydroxyl groups is 1. The average Bonchev–Trinajstić information content (AvgIpc) is 2.69. The van der Waals surface area contributed by atoms with E-state index in [-0.39, 0.29) is 12.4 Å². The van der Waals surface area contributed by atoms with Gasteiger partial charge in [-0.15, -0.1) is 0 Å². The number of phenolic OH excluding ortho intramolecular Hbond substituents is 1. The molecule has 0 unspecified atom stereocenters. The zero-order valence-electron chi connectivity index (χ0n) is 16.7. The molecule has 0 aliphatic carbocycles. The number of hydrogen-bond donors (Lipinski definition) is 2. The van der Waals surface area contributed by atoms with Crippen LogP contribution in [0.5, 0.6) is 11.5 Å². The van der Waals surface area contributed by atoms with E-state index in [2.05, 4.69) is 23.7 Å². The molecule has 28 heavy (non-hydrogen) atoms. The Bertz CT molecular complexity index is 766. The maximum Gasteiger partial charge on any atom is 0.124 e. The molecule has 2 N–H and O–H groups in total. The Hall–Kier alpha value is -2.37. The van der Waals surface area contributed by atoms with Gasteiger partial charge in [-0.2, -0.15) is 0 Å². The minimum Gasteiger partial charge on any atom is -0.507 e. The SMILES string of the molecule is C[C@H]1CCC[C@H](C)N1C[C@H](O)COc1ccc(N=Cc2ccccc2O)cc1. The van der Waals surface area contributed by atoms with Crippen molar-refractivity contribution in [3.8, 4) is 11.5 Å². The highest BCUT2D eigenvalue weighted by atomic mass is 16.5. The predicted octanol–water partition coefficient (Wildman–Crippen LogP) is 4.15. The maximum atomic E-state index is 10.4. The van der Waals surface area contributed by atoms with Gasteiger partial charge in [-0.1, -0.05) is 18.6 Å². The highest BCUT2D eigenvalue weighted by molar-refractivity contribution is 5.85. The number of β-amino-alcohol motifs (C(OH)–C–C–N with tert-alkyl or cyclic N) is 1. The number of hydrogen-bond acceptors (Lipinski definition) is 5. The summed E-state index contributed by atoms with van der Waals surface area (Å²) in [6, 6.07) is 15.5. The largest absolute Gasteiger partial charge is 0.507 e. The van der Waals surface area contributed by atoms with Crippen LogP contribution in [0.15, 0.2) is 53.5 Å². The van der Waals surface area contributed by atoms with Crippen molar-refractivity contribution in [2.24, 2.45) is 4.99 Å². The van der Waals surface area contributed by atoms with Gasteiger partial charge in [-0.05, 0) is 63.1 Å². The number of para-hydroxylation sites is 1. The van der Waals surface area contributed by atoms with E-state index in [9.17, 15) is 10.2 Å². The van der Waals surface area contributed by atoms with Crippen molar-refractivity contribution in [2.45, 2.75) is 51.3 Å². The molecule has 0 bridgehead atoms. The summed E-state index contributed by atoms with van der Waals surface area (Å²) in [4.78, 5) is 6.75. The highest BCUT2D eigenvalue weighted by Crippen LogP contribution is 2.23.